The van der Waals surface area contributed by atoms with Crippen molar-refractivity contribution in [3.63, 3.8) is 0 Å². The quantitative estimate of drug-likeness (QED) is 0.266. The summed E-state index contributed by atoms with van der Waals surface area (Å²) < 4.78 is 15.3. The summed E-state index contributed by atoms with van der Waals surface area (Å²) in [6.45, 7) is 13.7. The van der Waals surface area contributed by atoms with Gasteiger partial charge < -0.3 is 19.5 Å². The molecule has 0 aliphatic carbocycles. The molecule has 0 radical (unpaired) electrons. The first-order chi connectivity index (χ1) is 11.2. The van der Waals surface area contributed by atoms with Crippen molar-refractivity contribution in [1.29, 1.82) is 0 Å². The Hall–Kier alpha value is -2.15. The second-order valence-electron chi connectivity index (χ2n) is 5.37. The SMILES string of the molecule is C=CC(=O)N[C@H](C(=O)OC(C)OCCOC(=O)C(=C)C)C(C)CC. The highest BCUT2D eigenvalue weighted by molar-refractivity contribution is 5.91. The number of hydrogen-bond donors (Lipinski definition) is 1. The maximum absolute atomic E-state index is 12.2. The van der Waals surface area contributed by atoms with E-state index in [9.17, 15) is 14.4 Å². The molecule has 0 saturated heterocycles. The van der Waals surface area contributed by atoms with E-state index >= 15 is 0 Å². The first-order valence-corrected chi connectivity index (χ1v) is 7.80. The van der Waals surface area contributed by atoms with Crippen molar-refractivity contribution in [2.45, 2.75) is 46.4 Å². The predicted octanol–water partition coefficient (Wildman–Crippen LogP) is 1.73. The van der Waals surface area contributed by atoms with E-state index < -0.39 is 30.2 Å². The molecule has 0 rings (SSSR count). The molecule has 0 aromatic heterocycles. The molecule has 2 unspecified atom stereocenters. The van der Waals surface area contributed by atoms with Crippen LogP contribution < -0.4 is 5.32 Å². The van der Waals surface area contributed by atoms with E-state index in [-0.39, 0.29) is 19.1 Å². The third-order valence-electron chi connectivity index (χ3n) is 3.25. The molecule has 1 amide bonds. The lowest BCUT2D eigenvalue weighted by atomic mass is 9.99. The Labute approximate surface area is 143 Å². The van der Waals surface area contributed by atoms with E-state index in [1.54, 1.807) is 13.8 Å². The lowest BCUT2D eigenvalue weighted by Crippen LogP contribution is -2.46. The number of nitrogens with one attached hydrogen (secondary N) is 1. The van der Waals surface area contributed by atoms with Crippen LogP contribution in [0, 0.1) is 5.92 Å². The highest BCUT2D eigenvalue weighted by atomic mass is 16.7. The molecule has 0 saturated carbocycles. The molecular weight excluding hydrogens is 314 g/mol. The van der Waals surface area contributed by atoms with Gasteiger partial charge in [0.15, 0.2) is 6.29 Å². The van der Waals surface area contributed by atoms with Gasteiger partial charge in [-0.3, -0.25) is 4.79 Å². The smallest absolute Gasteiger partial charge is 0.333 e. The van der Waals surface area contributed by atoms with Crippen molar-refractivity contribution in [2.75, 3.05) is 13.2 Å². The first kappa shape index (κ1) is 21.9. The molecule has 0 spiro atoms. The van der Waals surface area contributed by atoms with Crippen molar-refractivity contribution in [3.05, 3.63) is 24.8 Å². The van der Waals surface area contributed by atoms with Gasteiger partial charge in [-0.15, -0.1) is 0 Å². The lowest BCUT2D eigenvalue weighted by Gasteiger charge is -2.24. The molecule has 0 heterocycles. The Morgan fingerprint density at radius 1 is 1.21 bits per heavy atom. The molecule has 1 N–H and O–H groups in total. The molecule has 0 bridgehead atoms. The standard InChI is InChI=1S/C17H27NO6/c1-7-12(5)15(18-14(19)8-2)17(21)24-13(6)22-9-10-23-16(20)11(3)4/h8,12-13,15H,2-3,7,9-10H2,1,4-6H3,(H,18,19)/t12?,13?,15-/m0/s1. The van der Waals surface area contributed by atoms with Crippen LogP contribution in [0.4, 0.5) is 0 Å². The van der Waals surface area contributed by atoms with E-state index in [0.717, 1.165) is 6.08 Å². The van der Waals surface area contributed by atoms with Crippen LogP contribution in [0.3, 0.4) is 0 Å². The minimum Gasteiger partial charge on any atom is -0.460 e. The molecule has 3 atom stereocenters. The molecule has 0 aliphatic heterocycles. The summed E-state index contributed by atoms with van der Waals surface area (Å²) >= 11 is 0. The van der Waals surface area contributed by atoms with Crippen LogP contribution in [0.5, 0.6) is 0 Å². The van der Waals surface area contributed by atoms with Gasteiger partial charge in [0, 0.05) is 5.57 Å². The number of carbonyl (C=O) groups is 3. The van der Waals surface area contributed by atoms with Crippen LogP contribution in [0.15, 0.2) is 24.8 Å². The summed E-state index contributed by atoms with van der Waals surface area (Å²) in [5.74, 6) is -1.65. The maximum Gasteiger partial charge on any atom is 0.333 e. The second-order valence-corrected chi connectivity index (χ2v) is 5.37. The van der Waals surface area contributed by atoms with Crippen molar-refractivity contribution in [3.8, 4) is 0 Å². The number of amides is 1. The molecule has 0 aromatic rings. The van der Waals surface area contributed by atoms with Crippen LogP contribution in [0.2, 0.25) is 0 Å². The fourth-order valence-electron chi connectivity index (χ4n) is 1.62. The lowest BCUT2D eigenvalue weighted by molar-refractivity contribution is -0.182. The van der Waals surface area contributed by atoms with Gasteiger partial charge in [0.05, 0.1) is 6.61 Å². The monoisotopic (exact) mass is 341 g/mol. The molecule has 7 heteroatoms. The number of rotatable bonds is 11. The summed E-state index contributed by atoms with van der Waals surface area (Å²) in [7, 11) is 0. The Kier molecular flexibility index (Phi) is 10.4. The van der Waals surface area contributed by atoms with Crippen molar-refractivity contribution in [2.24, 2.45) is 5.92 Å². The minimum atomic E-state index is -0.840. The van der Waals surface area contributed by atoms with Gasteiger partial charge in [0.1, 0.15) is 12.6 Å². The Bertz CT molecular complexity index is 474. The number of carbonyl (C=O) groups excluding carboxylic acids is 3. The van der Waals surface area contributed by atoms with E-state index in [1.165, 1.54) is 0 Å². The van der Waals surface area contributed by atoms with Gasteiger partial charge >= 0.3 is 11.9 Å². The van der Waals surface area contributed by atoms with Crippen LogP contribution in [0.25, 0.3) is 0 Å². The predicted molar refractivity (Wildman–Crippen MR) is 88.9 cm³/mol. The Morgan fingerprint density at radius 3 is 2.33 bits per heavy atom. The maximum atomic E-state index is 12.2. The van der Waals surface area contributed by atoms with E-state index in [4.69, 9.17) is 14.2 Å². The molecule has 0 aromatic carbocycles. The minimum absolute atomic E-state index is 0.0234. The molecule has 24 heavy (non-hydrogen) atoms. The Balaban J connectivity index is 4.37. The topological polar surface area (TPSA) is 90.9 Å². The Morgan fingerprint density at radius 2 is 1.83 bits per heavy atom. The van der Waals surface area contributed by atoms with Crippen molar-refractivity contribution in [1.82, 2.24) is 5.32 Å². The van der Waals surface area contributed by atoms with E-state index in [1.807, 2.05) is 13.8 Å². The zero-order valence-corrected chi connectivity index (χ0v) is 14.8. The highest BCUT2D eigenvalue weighted by Gasteiger charge is 2.28. The van der Waals surface area contributed by atoms with Crippen LogP contribution in [-0.2, 0) is 28.6 Å². The van der Waals surface area contributed by atoms with Crippen molar-refractivity contribution < 1.29 is 28.6 Å². The van der Waals surface area contributed by atoms with Gasteiger partial charge in [-0.1, -0.05) is 33.4 Å². The third kappa shape index (κ3) is 8.47. The second kappa shape index (κ2) is 11.4. The summed E-state index contributed by atoms with van der Waals surface area (Å²) in [6.07, 6.45) is 0.940. The molecular formula is C17H27NO6. The zero-order chi connectivity index (χ0) is 18.7. The zero-order valence-electron chi connectivity index (χ0n) is 14.8. The summed E-state index contributed by atoms with van der Waals surface area (Å²) in [5, 5.41) is 2.55. The van der Waals surface area contributed by atoms with Gasteiger partial charge in [-0.05, 0) is 25.8 Å². The van der Waals surface area contributed by atoms with Crippen LogP contribution in [0.1, 0.15) is 34.1 Å². The molecule has 7 nitrogen and oxygen atoms in total. The average Bonchev–Trinajstić information content (AvgIpc) is 2.54. The van der Waals surface area contributed by atoms with E-state index in [2.05, 4.69) is 18.5 Å². The van der Waals surface area contributed by atoms with Gasteiger partial charge in [0.2, 0.25) is 5.91 Å². The summed E-state index contributed by atoms with van der Waals surface area (Å²) in [4.78, 5) is 34.8. The van der Waals surface area contributed by atoms with Crippen LogP contribution in [-0.4, -0.2) is 43.4 Å². The number of esters is 2. The molecule has 0 fully saturated rings. The van der Waals surface area contributed by atoms with Gasteiger partial charge in [0.25, 0.3) is 0 Å². The molecule has 136 valence electrons. The van der Waals surface area contributed by atoms with Gasteiger partial charge in [-0.2, -0.15) is 0 Å². The molecule has 0 aliphatic rings. The largest absolute Gasteiger partial charge is 0.460 e. The third-order valence-corrected chi connectivity index (χ3v) is 3.25. The van der Waals surface area contributed by atoms with Crippen LogP contribution >= 0.6 is 0 Å². The first-order valence-electron chi connectivity index (χ1n) is 7.80. The average molecular weight is 341 g/mol. The van der Waals surface area contributed by atoms with E-state index in [0.29, 0.717) is 12.0 Å². The number of ether oxygens (including phenoxy) is 3. The van der Waals surface area contributed by atoms with Crippen molar-refractivity contribution >= 4 is 17.8 Å². The van der Waals surface area contributed by atoms with Gasteiger partial charge in [-0.25, -0.2) is 9.59 Å². The normalized spacial score (nSPS) is 14.0. The highest BCUT2D eigenvalue weighted by Crippen LogP contribution is 2.11. The fraction of sp³-hybridized carbons (Fsp3) is 0.588. The summed E-state index contributed by atoms with van der Waals surface area (Å²) in [6, 6.07) is -0.784. The summed E-state index contributed by atoms with van der Waals surface area (Å²) in [5.41, 5.74) is 0.295. The fourth-order valence-corrected chi connectivity index (χ4v) is 1.62. The number of hydrogen-bond acceptors (Lipinski definition) is 6.